The summed E-state index contributed by atoms with van der Waals surface area (Å²) < 4.78 is 0. The Morgan fingerprint density at radius 1 is 1.15 bits per heavy atom. The first-order valence-electron chi connectivity index (χ1n) is 6.03. The summed E-state index contributed by atoms with van der Waals surface area (Å²) in [6.45, 7) is 0. The van der Waals surface area contributed by atoms with E-state index in [9.17, 15) is 4.79 Å². The normalized spacial score (nSPS) is 10.6. The zero-order chi connectivity index (χ0) is 14.5. The molecule has 1 heterocycles. The zero-order valence-corrected chi connectivity index (χ0v) is 13.5. The average molecular weight is 349 g/mol. The van der Waals surface area contributed by atoms with E-state index < -0.39 is 0 Å². The average Bonchev–Trinajstić information content (AvgIpc) is 2.89. The molecule has 6 heteroatoms. The first-order chi connectivity index (χ1) is 9.56. The number of carbonyl (C=O) groups excluding carboxylic acids is 1. The minimum absolute atomic E-state index is 0.0816. The van der Waals surface area contributed by atoms with Crippen molar-refractivity contribution in [1.29, 1.82) is 0 Å². The number of hydrogen-bond donors (Lipinski definition) is 1. The summed E-state index contributed by atoms with van der Waals surface area (Å²) in [4.78, 5) is 13.1. The van der Waals surface area contributed by atoms with Gasteiger partial charge in [-0.2, -0.15) is 0 Å². The Morgan fingerprint density at radius 3 is 2.60 bits per heavy atom. The molecule has 2 aromatic rings. The smallest absolute Gasteiger partial charge is 0.224 e. The Morgan fingerprint density at radius 2 is 1.90 bits per heavy atom. The van der Waals surface area contributed by atoms with Gasteiger partial charge in [0.15, 0.2) is 0 Å². The topological polar surface area (TPSA) is 29.1 Å². The van der Waals surface area contributed by atoms with Crippen LogP contribution in [0.5, 0.6) is 0 Å². The van der Waals surface area contributed by atoms with Crippen molar-refractivity contribution in [2.45, 2.75) is 19.3 Å². The fraction of sp³-hybridized carbons (Fsp3) is 0.214. The summed E-state index contributed by atoms with van der Waals surface area (Å²) in [6.07, 6.45) is 2.14. The van der Waals surface area contributed by atoms with Gasteiger partial charge in [-0.15, -0.1) is 11.3 Å². The van der Waals surface area contributed by atoms with Gasteiger partial charge in [-0.05, 0) is 36.4 Å². The number of hydrogen-bond acceptors (Lipinski definition) is 2. The van der Waals surface area contributed by atoms with Gasteiger partial charge in [0.25, 0.3) is 0 Å². The second-order valence-electron chi connectivity index (χ2n) is 4.23. The summed E-state index contributed by atoms with van der Waals surface area (Å²) >= 11 is 19.4. The minimum Gasteiger partial charge on any atom is -0.325 e. The monoisotopic (exact) mass is 347 g/mol. The molecule has 0 aliphatic heterocycles. The summed E-state index contributed by atoms with van der Waals surface area (Å²) in [6, 6.07) is 7.16. The molecule has 20 heavy (non-hydrogen) atoms. The van der Waals surface area contributed by atoms with Gasteiger partial charge in [-0.1, -0.05) is 40.9 Å². The molecule has 0 unspecified atom stereocenters. The van der Waals surface area contributed by atoms with Crippen LogP contribution in [0.15, 0.2) is 29.6 Å². The van der Waals surface area contributed by atoms with Crippen molar-refractivity contribution in [2.24, 2.45) is 0 Å². The zero-order valence-electron chi connectivity index (χ0n) is 10.5. The second-order valence-corrected chi connectivity index (χ2v) is 6.48. The molecule has 0 saturated heterocycles. The Bertz CT molecular complexity index is 599. The maximum Gasteiger partial charge on any atom is 0.224 e. The highest BCUT2D eigenvalue weighted by atomic mass is 35.5. The van der Waals surface area contributed by atoms with Crippen LogP contribution in [0.3, 0.4) is 0 Å². The summed E-state index contributed by atoms with van der Waals surface area (Å²) in [5, 5.41) is 5.89. The van der Waals surface area contributed by atoms with Crippen molar-refractivity contribution in [2.75, 3.05) is 5.32 Å². The molecule has 1 aromatic heterocycles. The third-order valence-corrected chi connectivity index (χ3v) is 4.66. The lowest BCUT2D eigenvalue weighted by atomic mass is 10.2. The highest BCUT2D eigenvalue weighted by Gasteiger charge is 2.09. The molecule has 106 valence electrons. The summed E-state index contributed by atoms with van der Waals surface area (Å²) in [5.74, 6) is -0.0816. The van der Waals surface area contributed by atoms with E-state index in [1.165, 1.54) is 10.9 Å². The number of carbonyl (C=O) groups is 1. The number of anilines is 1. The van der Waals surface area contributed by atoms with Gasteiger partial charge < -0.3 is 5.32 Å². The van der Waals surface area contributed by atoms with E-state index in [1.54, 1.807) is 17.4 Å². The van der Waals surface area contributed by atoms with E-state index in [0.717, 1.165) is 12.8 Å². The molecule has 0 aliphatic rings. The highest BCUT2D eigenvalue weighted by Crippen LogP contribution is 2.32. The molecule has 1 amide bonds. The predicted molar refractivity (Wildman–Crippen MR) is 87.4 cm³/mol. The summed E-state index contributed by atoms with van der Waals surface area (Å²) in [5.41, 5.74) is 0.488. The molecule has 0 bridgehead atoms. The van der Waals surface area contributed by atoms with Gasteiger partial charge in [0.05, 0.1) is 20.8 Å². The third kappa shape index (κ3) is 4.38. The molecule has 1 aromatic carbocycles. The molecule has 0 spiro atoms. The van der Waals surface area contributed by atoms with Gasteiger partial charge in [0, 0.05) is 11.3 Å². The van der Waals surface area contributed by atoms with Crippen molar-refractivity contribution >= 4 is 57.7 Å². The predicted octanol–water partition coefficient (Wildman–Crippen LogP) is 5.67. The molecule has 0 fully saturated rings. The molecular formula is C14H12Cl3NOS. The fourth-order valence-electron chi connectivity index (χ4n) is 1.71. The lowest BCUT2D eigenvalue weighted by molar-refractivity contribution is -0.116. The van der Waals surface area contributed by atoms with Crippen molar-refractivity contribution < 1.29 is 4.79 Å². The van der Waals surface area contributed by atoms with Crippen molar-refractivity contribution in [1.82, 2.24) is 0 Å². The van der Waals surface area contributed by atoms with Crippen molar-refractivity contribution in [3.8, 4) is 0 Å². The first-order valence-corrected chi connectivity index (χ1v) is 8.04. The third-order valence-electron chi connectivity index (χ3n) is 2.69. The molecule has 0 radical (unpaired) electrons. The van der Waals surface area contributed by atoms with Gasteiger partial charge in [0.1, 0.15) is 0 Å². The van der Waals surface area contributed by atoms with E-state index in [2.05, 4.69) is 11.4 Å². The van der Waals surface area contributed by atoms with E-state index in [1.807, 2.05) is 11.4 Å². The highest BCUT2D eigenvalue weighted by molar-refractivity contribution is 7.09. The number of aryl methyl sites for hydroxylation is 1. The maximum absolute atomic E-state index is 11.8. The molecule has 0 aliphatic carbocycles. The molecular weight excluding hydrogens is 337 g/mol. The second kappa shape index (κ2) is 7.32. The maximum atomic E-state index is 11.8. The van der Waals surface area contributed by atoms with Gasteiger partial charge in [0.2, 0.25) is 5.91 Å². The number of benzene rings is 1. The fourth-order valence-corrected chi connectivity index (χ4v) is 3.05. The molecule has 0 atom stereocenters. The van der Waals surface area contributed by atoms with Crippen LogP contribution in [0.4, 0.5) is 5.69 Å². The van der Waals surface area contributed by atoms with Crippen LogP contribution in [0.2, 0.25) is 15.1 Å². The van der Waals surface area contributed by atoms with Crippen LogP contribution >= 0.6 is 46.1 Å². The Balaban J connectivity index is 1.86. The number of nitrogens with one attached hydrogen (secondary N) is 1. The Labute approximate surface area is 136 Å². The summed E-state index contributed by atoms with van der Waals surface area (Å²) in [7, 11) is 0. The van der Waals surface area contributed by atoms with Gasteiger partial charge in [-0.3, -0.25) is 4.79 Å². The lowest BCUT2D eigenvalue weighted by Crippen LogP contribution is -2.11. The van der Waals surface area contributed by atoms with Crippen LogP contribution in [-0.4, -0.2) is 5.91 Å². The van der Waals surface area contributed by atoms with Crippen LogP contribution in [0.25, 0.3) is 0 Å². The van der Waals surface area contributed by atoms with E-state index in [4.69, 9.17) is 34.8 Å². The van der Waals surface area contributed by atoms with Crippen LogP contribution < -0.4 is 5.32 Å². The Hall–Kier alpha value is -0.740. The SMILES string of the molecule is O=C(CCCc1cccs1)Nc1cc(Cl)c(Cl)cc1Cl. The van der Waals surface area contributed by atoms with Crippen molar-refractivity contribution in [3.05, 3.63) is 49.6 Å². The standard InChI is InChI=1S/C14H12Cl3NOS/c15-10-7-12(17)13(8-11(10)16)18-14(19)5-1-3-9-4-2-6-20-9/h2,4,6-8H,1,3,5H2,(H,18,19). The van der Waals surface area contributed by atoms with Crippen LogP contribution in [0.1, 0.15) is 17.7 Å². The number of halogens is 3. The van der Waals surface area contributed by atoms with Crippen LogP contribution in [-0.2, 0) is 11.2 Å². The Kier molecular flexibility index (Phi) is 5.73. The van der Waals surface area contributed by atoms with Crippen LogP contribution in [0, 0.1) is 0 Å². The molecule has 2 rings (SSSR count). The van der Waals surface area contributed by atoms with Gasteiger partial charge >= 0.3 is 0 Å². The number of rotatable bonds is 5. The number of thiophene rings is 1. The first kappa shape index (κ1) is 15.6. The quantitative estimate of drug-likeness (QED) is 0.693. The molecule has 0 saturated carbocycles. The molecule has 2 nitrogen and oxygen atoms in total. The van der Waals surface area contributed by atoms with Crippen molar-refractivity contribution in [3.63, 3.8) is 0 Å². The number of amides is 1. The van der Waals surface area contributed by atoms with E-state index in [-0.39, 0.29) is 5.91 Å². The van der Waals surface area contributed by atoms with E-state index >= 15 is 0 Å². The molecule has 1 N–H and O–H groups in total. The van der Waals surface area contributed by atoms with Gasteiger partial charge in [-0.25, -0.2) is 0 Å². The van der Waals surface area contributed by atoms with E-state index in [0.29, 0.717) is 27.2 Å². The lowest BCUT2D eigenvalue weighted by Gasteiger charge is -2.08. The largest absolute Gasteiger partial charge is 0.325 e. The minimum atomic E-state index is -0.0816.